The summed E-state index contributed by atoms with van der Waals surface area (Å²) in [5.41, 5.74) is 0.708. The van der Waals surface area contributed by atoms with Gasteiger partial charge in [0.25, 0.3) is 0 Å². The molecule has 0 atom stereocenters. The lowest BCUT2D eigenvalue weighted by atomic mass is 10.2. The highest BCUT2D eigenvalue weighted by molar-refractivity contribution is 5.17. The quantitative estimate of drug-likeness (QED) is 0.826. The average Bonchev–Trinajstić information content (AvgIpc) is 2.44. The Morgan fingerprint density at radius 3 is 2.56 bits per heavy atom. The predicted octanol–water partition coefficient (Wildman–Crippen LogP) is 1.76. The molecule has 0 spiro atoms. The summed E-state index contributed by atoms with van der Waals surface area (Å²) in [7, 11) is 0. The van der Waals surface area contributed by atoms with Crippen LogP contribution in [-0.4, -0.2) is 31.1 Å². The number of benzene rings is 1. The third-order valence-corrected chi connectivity index (χ3v) is 2.76. The second kappa shape index (κ2) is 5.37. The number of nitrogens with one attached hydrogen (secondary N) is 1. The van der Waals surface area contributed by atoms with Crippen LogP contribution in [0.1, 0.15) is 12.0 Å². The molecular formula is C12H16F2N2. The van der Waals surface area contributed by atoms with Crippen LogP contribution in [0.3, 0.4) is 0 Å². The molecule has 1 fully saturated rings. The first-order chi connectivity index (χ1) is 7.74. The Bertz CT molecular complexity index is 327. The van der Waals surface area contributed by atoms with Crippen molar-refractivity contribution in [3.05, 3.63) is 35.4 Å². The Kier molecular flexibility index (Phi) is 3.85. The molecule has 1 heterocycles. The van der Waals surface area contributed by atoms with Gasteiger partial charge in [-0.2, -0.15) is 0 Å². The third-order valence-electron chi connectivity index (χ3n) is 2.76. The Balaban J connectivity index is 2.01. The molecule has 2 rings (SSSR count). The van der Waals surface area contributed by atoms with Crippen molar-refractivity contribution in [1.29, 1.82) is 0 Å². The van der Waals surface area contributed by atoms with E-state index >= 15 is 0 Å². The van der Waals surface area contributed by atoms with Crippen LogP contribution in [0, 0.1) is 11.6 Å². The second-order valence-corrected chi connectivity index (χ2v) is 4.16. The lowest BCUT2D eigenvalue weighted by molar-refractivity contribution is 0.283. The highest BCUT2D eigenvalue weighted by Crippen LogP contribution is 2.11. The molecule has 1 aromatic rings. The molecule has 0 aromatic heterocycles. The van der Waals surface area contributed by atoms with E-state index in [2.05, 4.69) is 10.2 Å². The van der Waals surface area contributed by atoms with Gasteiger partial charge in [-0.15, -0.1) is 0 Å². The van der Waals surface area contributed by atoms with Crippen LogP contribution >= 0.6 is 0 Å². The summed E-state index contributed by atoms with van der Waals surface area (Å²) in [5, 5.41) is 3.30. The zero-order valence-electron chi connectivity index (χ0n) is 9.18. The highest BCUT2D eigenvalue weighted by atomic mass is 19.1. The normalized spacial score (nSPS) is 18.4. The largest absolute Gasteiger partial charge is 0.315 e. The SMILES string of the molecule is Fc1cc(F)cc(CN2CCCNCC2)c1. The first-order valence-corrected chi connectivity index (χ1v) is 5.62. The second-order valence-electron chi connectivity index (χ2n) is 4.16. The van der Waals surface area contributed by atoms with Crippen LogP contribution in [-0.2, 0) is 6.54 Å². The molecule has 16 heavy (non-hydrogen) atoms. The summed E-state index contributed by atoms with van der Waals surface area (Å²) in [5.74, 6) is -0.995. The van der Waals surface area contributed by atoms with Crippen LogP contribution in [0.15, 0.2) is 18.2 Å². The molecule has 2 nitrogen and oxygen atoms in total. The van der Waals surface area contributed by atoms with E-state index in [9.17, 15) is 8.78 Å². The van der Waals surface area contributed by atoms with Gasteiger partial charge in [-0.3, -0.25) is 4.90 Å². The minimum Gasteiger partial charge on any atom is -0.315 e. The zero-order chi connectivity index (χ0) is 11.4. The van der Waals surface area contributed by atoms with Gasteiger partial charge in [0.15, 0.2) is 0 Å². The molecule has 0 unspecified atom stereocenters. The minimum atomic E-state index is -0.497. The van der Waals surface area contributed by atoms with Gasteiger partial charge in [0.1, 0.15) is 11.6 Å². The van der Waals surface area contributed by atoms with E-state index in [0.717, 1.165) is 38.7 Å². The Hall–Kier alpha value is -1.00. The fourth-order valence-electron chi connectivity index (χ4n) is 2.02. The van der Waals surface area contributed by atoms with Gasteiger partial charge in [-0.1, -0.05) is 0 Å². The fraction of sp³-hybridized carbons (Fsp3) is 0.500. The molecule has 0 saturated carbocycles. The number of nitrogens with zero attached hydrogens (tertiary/aromatic N) is 1. The van der Waals surface area contributed by atoms with Crippen molar-refractivity contribution < 1.29 is 8.78 Å². The maximum Gasteiger partial charge on any atom is 0.126 e. The van der Waals surface area contributed by atoms with E-state index < -0.39 is 11.6 Å². The molecule has 1 aliphatic rings. The fourth-order valence-corrected chi connectivity index (χ4v) is 2.02. The average molecular weight is 226 g/mol. The van der Waals surface area contributed by atoms with Gasteiger partial charge in [-0.25, -0.2) is 8.78 Å². The van der Waals surface area contributed by atoms with E-state index in [1.54, 1.807) is 0 Å². The van der Waals surface area contributed by atoms with Gasteiger partial charge in [-0.05, 0) is 37.2 Å². The summed E-state index contributed by atoms with van der Waals surface area (Å²) in [4.78, 5) is 2.22. The van der Waals surface area contributed by atoms with Crippen molar-refractivity contribution in [2.24, 2.45) is 0 Å². The third kappa shape index (κ3) is 3.25. The highest BCUT2D eigenvalue weighted by Gasteiger charge is 2.10. The molecule has 0 bridgehead atoms. The van der Waals surface area contributed by atoms with Crippen molar-refractivity contribution in [1.82, 2.24) is 10.2 Å². The van der Waals surface area contributed by atoms with Crippen LogP contribution < -0.4 is 5.32 Å². The van der Waals surface area contributed by atoms with Crippen molar-refractivity contribution in [2.45, 2.75) is 13.0 Å². The van der Waals surface area contributed by atoms with Gasteiger partial charge >= 0.3 is 0 Å². The topological polar surface area (TPSA) is 15.3 Å². The van der Waals surface area contributed by atoms with Crippen molar-refractivity contribution in [2.75, 3.05) is 26.2 Å². The van der Waals surface area contributed by atoms with E-state index in [0.29, 0.717) is 12.1 Å². The van der Waals surface area contributed by atoms with E-state index in [1.807, 2.05) is 0 Å². The van der Waals surface area contributed by atoms with Crippen LogP contribution in [0.2, 0.25) is 0 Å². The van der Waals surface area contributed by atoms with Crippen molar-refractivity contribution >= 4 is 0 Å². The van der Waals surface area contributed by atoms with E-state index in [4.69, 9.17) is 0 Å². The molecule has 88 valence electrons. The Morgan fingerprint density at radius 2 is 1.81 bits per heavy atom. The summed E-state index contributed by atoms with van der Waals surface area (Å²) in [6, 6.07) is 3.72. The number of rotatable bonds is 2. The lowest BCUT2D eigenvalue weighted by Crippen LogP contribution is -2.27. The molecule has 0 radical (unpaired) electrons. The smallest absolute Gasteiger partial charge is 0.126 e. The molecule has 0 aliphatic carbocycles. The first kappa shape index (κ1) is 11.5. The summed E-state index contributed by atoms with van der Waals surface area (Å²) in [6.45, 7) is 4.49. The van der Waals surface area contributed by atoms with Gasteiger partial charge in [0, 0.05) is 25.7 Å². The van der Waals surface area contributed by atoms with Gasteiger partial charge < -0.3 is 5.32 Å². The Morgan fingerprint density at radius 1 is 1.06 bits per heavy atom. The molecule has 1 N–H and O–H groups in total. The molecule has 4 heteroatoms. The summed E-state index contributed by atoms with van der Waals surface area (Å²) < 4.78 is 26.0. The maximum absolute atomic E-state index is 13.0. The molecule has 1 saturated heterocycles. The van der Waals surface area contributed by atoms with Gasteiger partial charge in [0.05, 0.1) is 0 Å². The van der Waals surface area contributed by atoms with Crippen LogP contribution in [0.25, 0.3) is 0 Å². The zero-order valence-corrected chi connectivity index (χ0v) is 9.18. The molecule has 1 aliphatic heterocycles. The van der Waals surface area contributed by atoms with Crippen molar-refractivity contribution in [3.8, 4) is 0 Å². The van der Waals surface area contributed by atoms with E-state index in [-0.39, 0.29) is 0 Å². The Labute approximate surface area is 94.3 Å². The molecule has 0 amide bonds. The number of hydrogen-bond acceptors (Lipinski definition) is 2. The number of hydrogen-bond donors (Lipinski definition) is 1. The standard InChI is InChI=1S/C12H16F2N2/c13-11-6-10(7-12(14)8-11)9-16-4-1-2-15-3-5-16/h6-8,15H,1-5,9H2. The molecular weight excluding hydrogens is 210 g/mol. The summed E-state index contributed by atoms with van der Waals surface area (Å²) >= 11 is 0. The number of halogens is 2. The van der Waals surface area contributed by atoms with Crippen molar-refractivity contribution in [3.63, 3.8) is 0 Å². The maximum atomic E-state index is 13.0. The monoisotopic (exact) mass is 226 g/mol. The summed E-state index contributed by atoms with van der Waals surface area (Å²) in [6.07, 6.45) is 1.08. The lowest BCUT2D eigenvalue weighted by Gasteiger charge is -2.19. The van der Waals surface area contributed by atoms with Crippen LogP contribution in [0.4, 0.5) is 8.78 Å². The van der Waals surface area contributed by atoms with Crippen LogP contribution in [0.5, 0.6) is 0 Å². The first-order valence-electron chi connectivity index (χ1n) is 5.62. The predicted molar refractivity (Wildman–Crippen MR) is 59.1 cm³/mol. The molecule has 1 aromatic carbocycles. The van der Waals surface area contributed by atoms with E-state index in [1.165, 1.54) is 12.1 Å². The van der Waals surface area contributed by atoms with Gasteiger partial charge in [0.2, 0.25) is 0 Å². The minimum absolute atomic E-state index is 0.497.